The van der Waals surface area contributed by atoms with Crippen LogP contribution in [0.15, 0.2) is 41.3 Å². The Kier molecular flexibility index (Phi) is 2.53. The lowest BCUT2D eigenvalue weighted by atomic mass is 10.2. The first-order valence-corrected chi connectivity index (χ1v) is 5.36. The first-order valence-electron chi connectivity index (χ1n) is 5.36. The van der Waals surface area contributed by atoms with Crippen LogP contribution in [0.3, 0.4) is 0 Å². The zero-order valence-electron chi connectivity index (χ0n) is 9.61. The molecular weight excluding hydrogens is 230 g/mol. The van der Waals surface area contributed by atoms with Crippen molar-refractivity contribution in [3.63, 3.8) is 0 Å². The van der Waals surface area contributed by atoms with Gasteiger partial charge in [-0.15, -0.1) is 10.2 Å². The van der Waals surface area contributed by atoms with E-state index in [4.69, 9.17) is 4.42 Å². The second-order valence-electron chi connectivity index (χ2n) is 3.65. The molecule has 0 aliphatic rings. The molecule has 3 aromatic rings. The maximum atomic E-state index is 5.57. The van der Waals surface area contributed by atoms with Crippen LogP contribution in [0, 0.1) is 6.92 Å². The lowest BCUT2D eigenvalue weighted by Crippen LogP contribution is -1.88. The van der Waals surface area contributed by atoms with Gasteiger partial charge in [0.25, 0.3) is 11.8 Å². The minimum Gasteiger partial charge on any atom is -0.414 e. The van der Waals surface area contributed by atoms with E-state index in [9.17, 15) is 0 Å². The molecule has 0 aliphatic carbocycles. The largest absolute Gasteiger partial charge is 0.414 e. The van der Waals surface area contributed by atoms with Gasteiger partial charge in [0.15, 0.2) is 0 Å². The third kappa shape index (κ3) is 1.84. The van der Waals surface area contributed by atoms with Crippen LogP contribution in [-0.4, -0.2) is 25.1 Å². The molecule has 0 saturated heterocycles. The first kappa shape index (κ1) is 10.5. The van der Waals surface area contributed by atoms with E-state index in [1.54, 1.807) is 12.4 Å². The van der Waals surface area contributed by atoms with Crippen LogP contribution in [0.2, 0.25) is 0 Å². The number of aryl methyl sites for hydroxylation is 1. The van der Waals surface area contributed by atoms with Crippen molar-refractivity contribution in [3.05, 3.63) is 42.6 Å². The molecule has 0 spiro atoms. The number of rotatable bonds is 2. The summed E-state index contributed by atoms with van der Waals surface area (Å²) in [6.07, 6.45) is 4.81. The molecule has 0 radical (unpaired) electrons. The van der Waals surface area contributed by atoms with Crippen molar-refractivity contribution in [3.8, 4) is 23.0 Å². The molecule has 3 heterocycles. The van der Waals surface area contributed by atoms with Gasteiger partial charge in [-0.25, -0.2) is 9.97 Å². The molecule has 3 rings (SSSR count). The van der Waals surface area contributed by atoms with Crippen LogP contribution in [0.5, 0.6) is 0 Å². The van der Waals surface area contributed by atoms with Crippen LogP contribution in [0.25, 0.3) is 23.0 Å². The Morgan fingerprint density at radius 3 is 2.72 bits per heavy atom. The van der Waals surface area contributed by atoms with Gasteiger partial charge in [0.05, 0.1) is 11.3 Å². The number of hydrogen-bond donors (Lipinski definition) is 0. The summed E-state index contributed by atoms with van der Waals surface area (Å²) in [6, 6.07) is 5.50. The van der Waals surface area contributed by atoms with E-state index in [1.807, 2.05) is 25.1 Å². The second-order valence-corrected chi connectivity index (χ2v) is 3.65. The fourth-order valence-corrected chi connectivity index (χ4v) is 1.53. The molecule has 0 atom stereocenters. The monoisotopic (exact) mass is 239 g/mol. The summed E-state index contributed by atoms with van der Waals surface area (Å²) in [6.45, 7) is 1.86. The third-order valence-electron chi connectivity index (χ3n) is 2.45. The lowest BCUT2D eigenvalue weighted by Gasteiger charge is -1.96. The second kappa shape index (κ2) is 4.33. The molecule has 0 N–H and O–H groups in total. The highest BCUT2D eigenvalue weighted by Gasteiger charge is 2.13. The number of hydrogen-bond acceptors (Lipinski definition) is 6. The average Bonchev–Trinajstić information content (AvgIpc) is 2.90. The summed E-state index contributed by atoms with van der Waals surface area (Å²) in [4.78, 5) is 12.2. The summed E-state index contributed by atoms with van der Waals surface area (Å²) in [5.41, 5.74) is 2.17. The Balaban J connectivity index is 2.03. The van der Waals surface area contributed by atoms with Crippen LogP contribution >= 0.6 is 0 Å². The van der Waals surface area contributed by atoms with Crippen molar-refractivity contribution >= 4 is 0 Å². The molecule has 0 bridgehead atoms. The van der Waals surface area contributed by atoms with Gasteiger partial charge in [0.2, 0.25) is 0 Å². The third-order valence-corrected chi connectivity index (χ3v) is 2.45. The van der Waals surface area contributed by atoms with Gasteiger partial charge in [-0.05, 0) is 19.1 Å². The Morgan fingerprint density at radius 1 is 1.06 bits per heavy atom. The first-order chi connectivity index (χ1) is 8.84. The van der Waals surface area contributed by atoms with Crippen LogP contribution in [0.4, 0.5) is 0 Å². The molecular formula is C12H9N5O. The van der Waals surface area contributed by atoms with E-state index in [-0.39, 0.29) is 0 Å². The maximum absolute atomic E-state index is 5.57. The Bertz CT molecular complexity index is 665. The molecule has 0 aromatic carbocycles. The quantitative estimate of drug-likeness (QED) is 0.679. The maximum Gasteiger partial charge on any atom is 0.266 e. The fraction of sp³-hybridized carbons (Fsp3) is 0.0833. The zero-order chi connectivity index (χ0) is 12.4. The molecule has 0 fully saturated rings. The summed E-state index contributed by atoms with van der Waals surface area (Å²) in [5.74, 6) is 0.780. The van der Waals surface area contributed by atoms with Crippen molar-refractivity contribution in [2.24, 2.45) is 0 Å². The van der Waals surface area contributed by atoms with E-state index in [0.717, 1.165) is 11.3 Å². The zero-order valence-corrected chi connectivity index (χ0v) is 9.61. The topological polar surface area (TPSA) is 77.6 Å². The molecule has 6 heteroatoms. The minimum absolute atomic E-state index is 0.383. The summed E-state index contributed by atoms with van der Waals surface area (Å²) in [5, 5.41) is 7.96. The van der Waals surface area contributed by atoms with Crippen LogP contribution < -0.4 is 0 Å². The van der Waals surface area contributed by atoms with E-state index < -0.39 is 0 Å². The molecule has 0 amide bonds. The van der Waals surface area contributed by atoms with Crippen molar-refractivity contribution in [1.29, 1.82) is 0 Å². The predicted octanol–water partition coefficient (Wildman–Crippen LogP) is 1.90. The van der Waals surface area contributed by atoms with Gasteiger partial charge in [-0.3, -0.25) is 4.98 Å². The molecule has 0 saturated carbocycles. The van der Waals surface area contributed by atoms with E-state index in [0.29, 0.717) is 17.5 Å². The van der Waals surface area contributed by atoms with Crippen LogP contribution in [0.1, 0.15) is 5.69 Å². The Hall–Kier alpha value is -2.63. The van der Waals surface area contributed by atoms with Gasteiger partial charge < -0.3 is 4.42 Å². The van der Waals surface area contributed by atoms with Crippen molar-refractivity contribution in [1.82, 2.24) is 25.1 Å². The van der Waals surface area contributed by atoms with Crippen LogP contribution in [-0.2, 0) is 0 Å². The van der Waals surface area contributed by atoms with Crippen molar-refractivity contribution in [2.45, 2.75) is 6.92 Å². The standard InChI is InChI=1S/C12H9N5O/c1-8-9(6-13-7-15-8)11-16-17-12(18-11)10-4-2-3-5-14-10/h2-7H,1H3. The van der Waals surface area contributed by atoms with E-state index in [2.05, 4.69) is 25.1 Å². The lowest BCUT2D eigenvalue weighted by molar-refractivity contribution is 0.581. The Morgan fingerprint density at radius 2 is 1.94 bits per heavy atom. The highest BCUT2D eigenvalue weighted by Crippen LogP contribution is 2.23. The van der Waals surface area contributed by atoms with E-state index >= 15 is 0 Å². The van der Waals surface area contributed by atoms with Crippen molar-refractivity contribution in [2.75, 3.05) is 0 Å². The minimum atomic E-state index is 0.383. The average molecular weight is 239 g/mol. The highest BCUT2D eigenvalue weighted by atomic mass is 16.4. The predicted molar refractivity (Wildman–Crippen MR) is 63.3 cm³/mol. The molecule has 18 heavy (non-hydrogen) atoms. The van der Waals surface area contributed by atoms with E-state index in [1.165, 1.54) is 6.33 Å². The van der Waals surface area contributed by atoms with Gasteiger partial charge in [-0.2, -0.15) is 0 Å². The molecule has 3 aromatic heterocycles. The normalized spacial score (nSPS) is 10.5. The number of pyridine rings is 1. The molecule has 0 aliphatic heterocycles. The molecule has 6 nitrogen and oxygen atoms in total. The van der Waals surface area contributed by atoms with Gasteiger partial charge in [0, 0.05) is 12.4 Å². The Labute approximate surface area is 103 Å². The summed E-state index contributed by atoms with van der Waals surface area (Å²) < 4.78 is 5.57. The number of aromatic nitrogens is 5. The van der Waals surface area contributed by atoms with Gasteiger partial charge in [0.1, 0.15) is 12.0 Å². The van der Waals surface area contributed by atoms with Gasteiger partial charge >= 0.3 is 0 Å². The van der Waals surface area contributed by atoms with Gasteiger partial charge in [-0.1, -0.05) is 6.07 Å². The summed E-state index contributed by atoms with van der Waals surface area (Å²) in [7, 11) is 0. The fourth-order valence-electron chi connectivity index (χ4n) is 1.53. The molecule has 0 unspecified atom stereocenters. The highest BCUT2D eigenvalue weighted by molar-refractivity contribution is 5.56. The SMILES string of the molecule is Cc1ncncc1-c1nnc(-c2ccccn2)o1. The number of nitrogens with zero attached hydrogens (tertiary/aromatic N) is 5. The summed E-state index contributed by atoms with van der Waals surface area (Å²) >= 11 is 0. The van der Waals surface area contributed by atoms with Crippen molar-refractivity contribution < 1.29 is 4.42 Å². The molecule has 88 valence electrons. The smallest absolute Gasteiger partial charge is 0.266 e.